The van der Waals surface area contributed by atoms with Crippen molar-refractivity contribution in [2.75, 3.05) is 5.75 Å². The molecule has 1 saturated carbocycles. The molecular formula is C12H19N3O3S. The van der Waals surface area contributed by atoms with Crippen LogP contribution in [0, 0.1) is 16.7 Å². The van der Waals surface area contributed by atoms with Crippen LogP contribution in [0.2, 0.25) is 0 Å². The highest BCUT2D eigenvalue weighted by molar-refractivity contribution is 7.89. The number of nitrogens with one attached hydrogen (secondary N) is 2. The Morgan fingerprint density at radius 1 is 1.53 bits per heavy atom. The first-order chi connectivity index (χ1) is 8.86. The van der Waals surface area contributed by atoms with E-state index in [4.69, 9.17) is 5.26 Å². The van der Waals surface area contributed by atoms with Gasteiger partial charge in [0.1, 0.15) is 0 Å². The minimum atomic E-state index is -3.49. The van der Waals surface area contributed by atoms with E-state index in [1.165, 1.54) is 0 Å². The summed E-state index contributed by atoms with van der Waals surface area (Å²) < 4.78 is 26.9. The molecule has 0 aromatic carbocycles. The van der Waals surface area contributed by atoms with E-state index < -0.39 is 15.4 Å². The first kappa shape index (κ1) is 14.3. The average molecular weight is 285 g/mol. The van der Waals surface area contributed by atoms with Gasteiger partial charge in [-0.15, -0.1) is 0 Å². The molecule has 2 unspecified atom stereocenters. The van der Waals surface area contributed by atoms with E-state index in [1.54, 1.807) is 6.92 Å². The second-order valence-electron chi connectivity index (χ2n) is 5.62. The lowest BCUT2D eigenvalue weighted by Crippen LogP contribution is -2.55. The predicted octanol–water partition coefficient (Wildman–Crippen LogP) is 0.267. The van der Waals surface area contributed by atoms with Crippen molar-refractivity contribution < 1.29 is 13.2 Å². The van der Waals surface area contributed by atoms with E-state index in [1.807, 2.05) is 0 Å². The van der Waals surface area contributed by atoms with Crippen LogP contribution in [-0.2, 0) is 14.8 Å². The first-order valence-electron chi connectivity index (χ1n) is 6.56. The van der Waals surface area contributed by atoms with Crippen molar-refractivity contribution in [3.8, 4) is 6.07 Å². The van der Waals surface area contributed by atoms with Crippen LogP contribution in [-0.4, -0.2) is 32.2 Å². The van der Waals surface area contributed by atoms with Gasteiger partial charge in [0.05, 0.1) is 17.2 Å². The number of sulfonamides is 1. The van der Waals surface area contributed by atoms with Gasteiger partial charge in [-0.1, -0.05) is 6.42 Å². The monoisotopic (exact) mass is 285 g/mol. The van der Waals surface area contributed by atoms with Crippen LogP contribution in [0.4, 0.5) is 0 Å². The smallest absolute Gasteiger partial charge is 0.220 e. The van der Waals surface area contributed by atoms with Crippen LogP contribution in [0.1, 0.15) is 39.0 Å². The van der Waals surface area contributed by atoms with Gasteiger partial charge >= 0.3 is 0 Å². The van der Waals surface area contributed by atoms with Gasteiger partial charge in [0, 0.05) is 18.5 Å². The highest BCUT2D eigenvalue weighted by atomic mass is 32.2. The third kappa shape index (κ3) is 3.25. The molecule has 2 fully saturated rings. The summed E-state index contributed by atoms with van der Waals surface area (Å²) >= 11 is 0. The average Bonchev–Trinajstić information content (AvgIpc) is 2.28. The number of nitrogens with zero attached hydrogens (tertiary/aromatic N) is 1. The summed E-state index contributed by atoms with van der Waals surface area (Å²) in [5.41, 5.74) is -0.701. The van der Waals surface area contributed by atoms with E-state index in [0.717, 1.165) is 6.42 Å². The van der Waals surface area contributed by atoms with Gasteiger partial charge in [0.2, 0.25) is 15.9 Å². The molecule has 1 amide bonds. The Labute approximate surface area is 113 Å². The van der Waals surface area contributed by atoms with Gasteiger partial charge < -0.3 is 5.32 Å². The molecule has 19 heavy (non-hydrogen) atoms. The van der Waals surface area contributed by atoms with E-state index in [-0.39, 0.29) is 23.7 Å². The molecule has 1 aliphatic heterocycles. The van der Waals surface area contributed by atoms with Crippen molar-refractivity contribution in [3.05, 3.63) is 0 Å². The summed E-state index contributed by atoms with van der Waals surface area (Å²) in [6.45, 7) is 1.79. The maximum Gasteiger partial charge on any atom is 0.220 e. The molecule has 2 aliphatic rings. The molecule has 106 valence electrons. The minimum Gasteiger partial charge on any atom is -0.352 e. The number of rotatable bonds is 4. The van der Waals surface area contributed by atoms with Gasteiger partial charge in [-0.3, -0.25) is 4.79 Å². The Morgan fingerprint density at radius 3 is 2.68 bits per heavy atom. The third-order valence-electron chi connectivity index (χ3n) is 4.02. The quantitative estimate of drug-likeness (QED) is 0.774. The number of amides is 1. The molecule has 0 radical (unpaired) electrons. The Kier molecular flexibility index (Phi) is 3.83. The molecule has 0 bridgehead atoms. The van der Waals surface area contributed by atoms with E-state index >= 15 is 0 Å². The molecule has 6 nitrogen and oxygen atoms in total. The summed E-state index contributed by atoms with van der Waals surface area (Å²) in [6.07, 6.45) is 3.06. The fourth-order valence-electron chi connectivity index (χ4n) is 2.65. The van der Waals surface area contributed by atoms with Crippen molar-refractivity contribution in [1.29, 1.82) is 5.26 Å². The number of carbonyl (C=O) groups excluding carboxylic acids is 1. The second kappa shape index (κ2) is 5.10. The molecule has 2 atom stereocenters. The summed E-state index contributed by atoms with van der Waals surface area (Å²) in [4.78, 5) is 11.2. The number of hydrogen-bond donors (Lipinski definition) is 2. The summed E-state index contributed by atoms with van der Waals surface area (Å²) in [7, 11) is -3.49. The van der Waals surface area contributed by atoms with Crippen molar-refractivity contribution in [2.45, 2.75) is 51.1 Å². The number of hydrogen-bond acceptors (Lipinski definition) is 4. The van der Waals surface area contributed by atoms with Gasteiger partial charge in [-0.05, 0) is 26.2 Å². The maximum atomic E-state index is 12.1. The summed E-state index contributed by atoms with van der Waals surface area (Å²) in [5.74, 6) is -0.177. The third-order valence-corrected chi connectivity index (χ3v) is 5.61. The van der Waals surface area contributed by atoms with Crippen molar-refractivity contribution in [1.82, 2.24) is 10.0 Å². The van der Waals surface area contributed by atoms with Gasteiger partial charge in [-0.2, -0.15) is 5.26 Å². The van der Waals surface area contributed by atoms with Crippen LogP contribution < -0.4 is 10.0 Å². The molecule has 1 aliphatic carbocycles. The molecular weight excluding hydrogens is 266 g/mol. The van der Waals surface area contributed by atoms with E-state index in [0.29, 0.717) is 25.7 Å². The topological polar surface area (TPSA) is 99.1 Å². The fraction of sp³-hybridized carbons (Fsp3) is 0.833. The molecule has 0 aromatic rings. The Bertz CT molecular complexity index is 505. The predicted molar refractivity (Wildman–Crippen MR) is 69.4 cm³/mol. The summed E-state index contributed by atoms with van der Waals surface area (Å²) in [5, 5.41) is 11.8. The minimum absolute atomic E-state index is 0.0459. The molecule has 2 N–H and O–H groups in total. The fourth-order valence-corrected chi connectivity index (χ4v) is 4.60. The van der Waals surface area contributed by atoms with Crippen LogP contribution in [0.3, 0.4) is 0 Å². The van der Waals surface area contributed by atoms with Crippen molar-refractivity contribution in [3.63, 3.8) is 0 Å². The van der Waals surface area contributed by atoms with Crippen LogP contribution >= 0.6 is 0 Å². The van der Waals surface area contributed by atoms with Gasteiger partial charge in [-0.25, -0.2) is 13.1 Å². The molecule has 1 saturated heterocycles. The molecule has 2 rings (SSSR count). The van der Waals surface area contributed by atoms with Crippen molar-refractivity contribution >= 4 is 15.9 Å². The Hall–Kier alpha value is -1.13. The van der Waals surface area contributed by atoms with Crippen LogP contribution in [0.25, 0.3) is 0 Å². The van der Waals surface area contributed by atoms with Crippen LogP contribution in [0.15, 0.2) is 0 Å². The summed E-state index contributed by atoms with van der Waals surface area (Å²) in [6, 6.07) is 1.65. The van der Waals surface area contributed by atoms with Crippen LogP contribution in [0.5, 0.6) is 0 Å². The SMILES string of the molecule is CC1NC(=O)CCC1NS(=O)(=O)CC1(C#N)CCC1. The maximum absolute atomic E-state index is 12.1. The largest absolute Gasteiger partial charge is 0.352 e. The van der Waals surface area contributed by atoms with Gasteiger partial charge in [0.15, 0.2) is 0 Å². The molecule has 7 heteroatoms. The number of carbonyl (C=O) groups is 1. The standard InChI is InChI=1S/C12H19N3O3S/c1-9-10(3-4-11(16)14-9)15-19(17,18)8-12(7-13)5-2-6-12/h9-10,15H,2-6,8H2,1H3,(H,14,16). The van der Waals surface area contributed by atoms with E-state index in [9.17, 15) is 13.2 Å². The molecule has 0 spiro atoms. The van der Waals surface area contributed by atoms with E-state index in [2.05, 4.69) is 16.1 Å². The first-order valence-corrected chi connectivity index (χ1v) is 8.22. The lowest BCUT2D eigenvalue weighted by Gasteiger charge is -2.36. The van der Waals surface area contributed by atoms with Crippen molar-refractivity contribution in [2.24, 2.45) is 5.41 Å². The number of nitriles is 1. The normalized spacial score (nSPS) is 30.0. The van der Waals surface area contributed by atoms with Gasteiger partial charge in [0.25, 0.3) is 0 Å². The molecule has 1 heterocycles. The Morgan fingerprint density at radius 2 is 2.21 bits per heavy atom. The Balaban J connectivity index is 1.98. The zero-order chi connectivity index (χ0) is 14.1. The number of piperidine rings is 1. The second-order valence-corrected chi connectivity index (χ2v) is 7.38. The lowest BCUT2D eigenvalue weighted by atomic mass is 9.72. The zero-order valence-corrected chi connectivity index (χ0v) is 11.8. The lowest BCUT2D eigenvalue weighted by molar-refractivity contribution is -0.123. The highest BCUT2D eigenvalue weighted by Crippen LogP contribution is 2.41. The zero-order valence-electron chi connectivity index (χ0n) is 11.0. The molecule has 0 aromatic heterocycles. The highest BCUT2D eigenvalue weighted by Gasteiger charge is 2.42.